The molecule has 0 aliphatic carbocycles. The van der Waals surface area contributed by atoms with Crippen LogP contribution in [-0.4, -0.2) is 42.8 Å². The number of rotatable bonds is 6. The van der Waals surface area contributed by atoms with Crippen LogP contribution in [0.2, 0.25) is 0 Å². The maximum atomic E-state index is 13.4. The van der Waals surface area contributed by atoms with Crippen LogP contribution in [0.25, 0.3) is 0 Å². The fourth-order valence-electron chi connectivity index (χ4n) is 3.61. The predicted octanol–water partition coefficient (Wildman–Crippen LogP) is 3.48. The van der Waals surface area contributed by atoms with E-state index in [4.69, 9.17) is 9.47 Å². The first-order valence-electron chi connectivity index (χ1n) is 8.51. The molecule has 0 saturated carbocycles. The molecule has 0 amide bonds. The van der Waals surface area contributed by atoms with Gasteiger partial charge in [0.2, 0.25) is 0 Å². The summed E-state index contributed by atoms with van der Waals surface area (Å²) in [5.41, 5.74) is 1.72. The predicted molar refractivity (Wildman–Crippen MR) is 95.2 cm³/mol. The fraction of sp³-hybridized carbons (Fsp3) is 0.350. The fourth-order valence-corrected chi connectivity index (χ4v) is 3.61. The van der Waals surface area contributed by atoms with Gasteiger partial charge < -0.3 is 14.6 Å². The van der Waals surface area contributed by atoms with Gasteiger partial charge in [-0.1, -0.05) is 18.2 Å². The van der Waals surface area contributed by atoms with Gasteiger partial charge in [0.15, 0.2) is 11.5 Å². The molecule has 1 N–H and O–H groups in total. The largest absolute Gasteiger partial charge is 0.493 e. The molecule has 5 nitrogen and oxygen atoms in total. The van der Waals surface area contributed by atoms with Crippen LogP contribution >= 0.6 is 0 Å². The molecule has 2 aromatic rings. The number of ether oxygens (including phenoxy) is 2. The van der Waals surface area contributed by atoms with Crippen LogP contribution in [0.15, 0.2) is 42.5 Å². The van der Waals surface area contributed by atoms with Crippen LogP contribution in [-0.2, 0) is 4.79 Å². The Balaban J connectivity index is 2.09. The number of carbonyl (C=O) groups is 1. The highest BCUT2D eigenvalue weighted by molar-refractivity contribution is 5.74. The lowest BCUT2D eigenvalue weighted by Crippen LogP contribution is -2.39. The van der Waals surface area contributed by atoms with Gasteiger partial charge in [-0.25, -0.2) is 4.39 Å². The third kappa shape index (κ3) is 3.51. The zero-order valence-corrected chi connectivity index (χ0v) is 14.8. The highest BCUT2D eigenvalue weighted by Gasteiger charge is 2.37. The summed E-state index contributed by atoms with van der Waals surface area (Å²) in [5, 5.41) is 9.61. The summed E-state index contributed by atoms with van der Waals surface area (Å²) in [5.74, 6) is 0.0135. The number of hydrogen-bond acceptors (Lipinski definition) is 4. The Morgan fingerprint density at radius 1 is 1.12 bits per heavy atom. The van der Waals surface area contributed by atoms with Gasteiger partial charge in [0.25, 0.3) is 0 Å². The van der Waals surface area contributed by atoms with E-state index in [9.17, 15) is 14.3 Å². The Morgan fingerprint density at radius 3 is 2.38 bits per heavy atom. The van der Waals surface area contributed by atoms with Gasteiger partial charge >= 0.3 is 5.97 Å². The van der Waals surface area contributed by atoms with Crippen LogP contribution < -0.4 is 9.47 Å². The Kier molecular flexibility index (Phi) is 5.42. The standard InChI is InChI=1S/C20H22FNO4/c1-25-17-10-7-14(12-18(17)26-2)19(13-5-8-15(21)9-6-13)22-11-3-4-16(22)20(23)24/h5-10,12,16,19H,3-4,11H2,1-2H3,(H,23,24). The van der Waals surface area contributed by atoms with Crippen LogP contribution in [0.1, 0.15) is 30.0 Å². The lowest BCUT2D eigenvalue weighted by Gasteiger charge is -2.32. The quantitative estimate of drug-likeness (QED) is 0.856. The normalized spacial score (nSPS) is 18.5. The molecule has 1 aliphatic rings. The third-order valence-corrected chi connectivity index (χ3v) is 4.82. The van der Waals surface area contributed by atoms with Crippen LogP contribution in [0.4, 0.5) is 4.39 Å². The second kappa shape index (κ2) is 7.74. The van der Waals surface area contributed by atoms with Crippen molar-refractivity contribution in [1.82, 2.24) is 4.90 Å². The van der Waals surface area contributed by atoms with Crippen molar-refractivity contribution in [1.29, 1.82) is 0 Å². The number of nitrogens with zero attached hydrogens (tertiary/aromatic N) is 1. The highest BCUT2D eigenvalue weighted by atomic mass is 19.1. The Bertz CT molecular complexity index is 778. The first kappa shape index (κ1) is 18.2. The van der Waals surface area contributed by atoms with Crippen molar-refractivity contribution in [2.75, 3.05) is 20.8 Å². The molecule has 2 aromatic carbocycles. The summed E-state index contributed by atoms with van der Waals surface area (Å²) in [6.07, 6.45) is 1.41. The summed E-state index contributed by atoms with van der Waals surface area (Å²) in [6, 6.07) is 10.9. The monoisotopic (exact) mass is 359 g/mol. The van der Waals surface area contributed by atoms with Gasteiger partial charge in [0, 0.05) is 6.54 Å². The number of carboxylic acids is 1. The van der Waals surface area contributed by atoms with E-state index in [0.717, 1.165) is 17.5 Å². The minimum atomic E-state index is -0.838. The van der Waals surface area contributed by atoms with Gasteiger partial charge in [0.1, 0.15) is 11.9 Å². The van der Waals surface area contributed by atoms with Crippen molar-refractivity contribution in [3.8, 4) is 11.5 Å². The molecule has 1 heterocycles. The molecular formula is C20H22FNO4. The SMILES string of the molecule is COc1ccc(C(c2ccc(F)cc2)N2CCCC2C(=O)O)cc1OC. The molecule has 0 spiro atoms. The highest BCUT2D eigenvalue weighted by Crippen LogP contribution is 2.38. The van der Waals surface area contributed by atoms with Crippen LogP contribution in [0.5, 0.6) is 11.5 Å². The van der Waals surface area contributed by atoms with Crippen molar-refractivity contribution >= 4 is 5.97 Å². The van der Waals surface area contributed by atoms with E-state index in [1.807, 2.05) is 17.0 Å². The van der Waals surface area contributed by atoms with Crippen molar-refractivity contribution in [3.63, 3.8) is 0 Å². The van der Waals surface area contributed by atoms with Gasteiger partial charge in [0.05, 0.1) is 20.3 Å². The van der Waals surface area contributed by atoms with Gasteiger partial charge in [-0.3, -0.25) is 9.69 Å². The summed E-state index contributed by atoms with van der Waals surface area (Å²) in [6.45, 7) is 0.660. The summed E-state index contributed by atoms with van der Waals surface area (Å²) < 4.78 is 24.1. The average Bonchev–Trinajstić information content (AvgIpc) is 3.13. The maximum absolute atomic E-state index is 13.4. The van der Waals surface area contributed by atoms with E-state index >= 15 is 0 Å². The Morgan fingerprint density at radius 2 is 1.77 bits per heavy atom. The number of halogens is 1. The molecule has 1 fully saturated rings. The molecule has 2 unspecified atom stereocenters. The first-order chi connectivity index (χ1) is 12.5. The van der Waals surface area contributed by atoms with Crippen molar-refractivity contribution < 1.29 is 23.8 Å². The number of aliphatic carboxylic acids is 1. The number of carboxylic acid groups (broad SMARTS) is 1. The number of likely N-dealkylation sites (tertiary alicyclic amines) is 1. The number of hydrogen-bond donors (Lipinski definition) is 1. The molecule has 1 saturated heterocycles. The Hall–Kier alpha value is -2.60. The third-order valence-electron chi connectivity index (χ3n) is 4.82. The minimum absolute atomic E-state index is 0.306. The average molecular weight is 359 g/mol. The van der Waals surface area contributed by atoms with Gasteiger partial charge in [-0.05, 0) is 48.2 Å². The second-order valence-corrected chi connectivity index (χ2v) is 6.30. The van der Waals surface area contributed by atoms with Crippen LogP contribution in [0, 0.1) is 5.82 Å². The maximum Gasteiger partial charge on any atom is 0.320 e. The molecule has 1 aliphatic heterocycles. The number of benzene rings is 2. The molecule has 6 heteroatoms. The molecule has 0 aromatic heterocycles. The van der Waals surface area contributed by atoms with Gasteiger partial charge in [-0.2, -0.15) is 0 Å². The topological polar surface area (TPSA) is 59.0 Å². The minimum Gasteiger partial charge on any atom is -0.493 e. The first-order valence-corrected chi connectivity index (χ1v) is 8.51. The van der Waals surface area contributed by atoms with E-state index < -0.39 is 12.0 Å². The molecule has 2 atom stereocenters. The van der Waals surface area contributed by atoms with Crippen molar-refractivity contribution in [3.05, 3.63) is 59.4 Å². The molecule has 3 rings (SSSR count). The molecule has 0 bridgehead atoms. The zero-order valence-electron chi connectivity index (χ0n) is 14.8. The summed E-state index contributed by atoms with van der Waals surface area (Å²) >= 11 is 0. The van der Waals surface area contributed by atoms with E-state index in [2.05, 4.69) is 0 Å². The molecule has 0 radical (unpaired) electrons. The van der Waals surface area contributed by atoms with Crippen molar-refractivity contribution in [2.45, 2.75) is 24.9 Å². The zero-order chi connectivity index (χ0) is 18.7. The number of methoxy groups -OCH3 is 2. The molecule has 26 heavy (non-hydrogen) atoms. The van der Waals surface area contributed by atoms with E-state index in [0.29, 0.717) is 24.5 Å². The lowest BCUT2D eigenvalue weighted by molar-refractivity contribution is -0.142. The summed E-state index contributed by atoms with van der Waals surface area (Å²) in [4.78, 5) is 13.7. The van der Waals surface area contributed by atoms with Crippen molar-refractivity contribution in [2.24, 2.45) is 0 Å². The van der Waals surface area contributed by atoms with Gasteiger partial charge in [-0.15, -0.1) is 0 Å². The Labute approximate surface area is 152 Å². The molecular weight excluding hydrogens is 337 g/mol. The molecule has 138 valence electrons. The van der Waals surface area contributed by atoms with E-state index in [1.165, 1.54) is 12.1 Å². The summed E-state index contributed by atoms with van der Waals surface area (Å²) in [7, 11) is 3.13. The smallest absolute Gasteiger partial charge is 0.320 e. The van der Waals surface area contributed by atoms with Crippen LogP contribution in [0.3, 0.4) is 0 Å². The van der Waals surface area contributed by atoms with E-state index in [1.54, 1.807) is 32.4 Å². The second-order valence-electron chi connectivity index (χ2n) is 6.30. The lowest BCUT2D eigenvalue weighted by atomic mass is 9.95. The van der Waals surface area contributed by atoms with E-state index in [-0.39, 0.29) is 11.9 Å².